The first kappa shape index (κ1) is 17.3. The first-order chi connectivity index (χ1) is 11.6. The van der Waals surface area contributed by atoms with Crippen molar-refractivity contribution < 1.29 is 4.79 Å². The van der Waals surface area contributed by atoms with Crippen LogP contribution < -0.4 is 10.2 Å². The molecule has 0 atom stereocenters. The van der Waals surface area contributed by atoms with E-state index in [0.29, 0.717) is 17.1 Å². The third-order valence-electron chi connectivity index (χ3n) is 4.27. The number of nitrogens with zero attached hydrogens (tertiary/aromatic N) is 1. The van der Waals surface area contributed by atoms with E-state index in [1.165, 1.54) is 17.7 Å². The molecule has 24 heavy (non-hydrogen) atoms. The molecule has 0 bridgehead atoms. The molecule has 2 aromatic carbocycles. The zero-order valence-electron chi connectivity index (χ0n) is 13.4. The number of rotatable bonds is 5. The van der Waals surface area contributed by atoms with Crippen molar-refractivity contribution in [3.05, 3.63) is 63.1 Å². The molecule has 1 heterocycles. The molecule has 0 fully saturated rings. The van der Waals surface area contributed by atoms with E-state index in [1.807, 2.05) is 6.07 Å². The van der Waals surface area contributed by atoms with Gasteiger partial charge < -0.3 is 10.2 Å². The number of para-hydroxylation sites is 1. The molecule has 3 rings (SSSR count). The Morgan fingerprint density at radius 2 is 2.08 bits per heavy atom. The van der Waals surface area contributed by atoms with Crippen molar-refractivity contribution in [1.29, 1.82) is 0 Å². The number of halogens is 2. The average Bonchev–Trinajstić information content (AvgIpc) is 2.60. The van der Waals surface area contributed by atoms with Gasteiger partial charge in [-0.1, -0.05) is 45.7 Å². The fourth-order valence-electron chi connectivity index (χ4n) is 3.08. The van der Waals surface area contributed by atoms with Gasteiger partial charge in [-0.3, -0.25) is 4.79 Å². The fourth-order valence-corrected chi connectivity index (χ4v) is 3.65. The standard InChI is InChI=1S/C19H20BrClN2O/c20-15-8-9-17(21)16(13-15)19(24)22-10-4-12-23-11-3-6-14-5-1-2-7-18(14)23/h1-2,5,7-9,13H,3-4,6,10-12H2,(H,22,24). The zero-order chi connectivity index (χ0) is 16.9. The molecule has 1 amide bonds. The van der Waals surface area contributed by atoms with Crippen LogP contribution in [0.1, 0.15) is 28.8 Å². The Balaban J connectivity index is 1.51. The van der Waals surface area contributed by atoms with Gasteiger partial charge in [0.2, 0.25) is 0 Å². The van der Waals surface area contributed by atoms with Gasteiger partial charge in [-0.05, 0) is 49.1 Å². The summed E-state index contributed by atoms with van der Waals surface area (Å²) in [6.45, 7) is 2.67. The van der Waals surface area contributed by atoms with Crippen molar-refractivity contribution in [3.8, 4) is 0 Å². The summed E-state index contributed by atoms with van der Waals surface area (Å²) >= 11 is 9.46. The molecule has 1 aliphatic rings. The van der Waals surface area contributed by atoms with E-state index < -0.39 is 0 Å². The molecule has 1 aliphatic heterocycles. The number of anilines is 1. The van der Waals surface area contributed by atoms with Gasteiger partial charge in [-0.2, -0.15) is 0 Å². The normalized spacial score (nSPS) is 13.5. The van der Waals surface area contributed by atoms with E-state index >= 15 is 0 Å². The highest BCUT2D eigenvalue weighted by atomic mass is 79.9. The molecule has 3 nitrogen and oxygen atoms in total. The fraction of sp³-hybridized carbons (Fsp3) is 0.316. The molecule has 0 aliphatic carbocycles. The van der Waals surface area contributed by atoms with Crippen LogP contribution in [-0.4, -0.2) is 25.5 Å². The Morgan fingerprint density at radius 3 is 2.96 bits per heavy atom. The summed E-state index contributed by atoms with van der Waals surface area (Å²) in [7, 11) is 0. The molecule has 0 saturated carbocycles. The van der Waals surface area contributed by atoms with Gasteiger partial charge in [0.15, 0.2) is 0 Å². The SMILES string of the molecule is O=C(NCCCN1CCCc2ccccc21)c1cc(Br)ccc1Cl. The average molecular weight is 408 g/mol. The Bertz CT molecular complexity index is 735. The van der Waals surface area contributed by atoms with E-state index in [2.05, 4.69) is 50.4 Å². The Kier molecular flexibility index (Phi) is 5.80. The maximum Gasteiger partial charge on any atom is 0.252 e. The van der Waals surface area contributed by atoms with Crippen molar-refractivity contribution in [2.45, 2.75) is 19.3 Å². The van der Waals surface area contributed by atoms with Gasteiger partial charge in [0, 0.05) is 29.8 Å². The molecule has 5 heteroatoms. The third-order valence-corrected chi connectivity index (χ3v) is 5.09. The summed E-state index contributed by atoms with van der Waals surface area (Å²) in [4.78, 5) is 14.7. The lowest BCUT2D eigenvalue weighted by Gasteiger charge is -2.31. The molecule has 0 spiro atoms. The predicted molar refractivity (Wildman–Crippen MR) is 103 cm³/mol. The summed E-state index contributed by atoms with van der Waals surface area (Å²) < 4.78 is 0.849. The topological polar surface area (TPSA) is 32.3 Å². The summed E-state index contributed by atoms with van der Waals surface area (Å²) in [5.41, 5.74) is 3.27. The van der Waals surface area contributed by atoms with Gasteiger partial charge in [0.05, 0.1) is 10.6 Å². The van der Waals surface area contributed by atoms with Crippen LogP contribution in [0.25, 0.3) is 0 Å². The van der Waals surface area contributed by atoms with E-state index in [1.54, 1.807) is 12.1 Å². The molecule has 0 aromatic heterocycles. The van der Waals surface area contributed by atoms with Crippen molar-refractivity contribution in [1.82, 2.24) is 5.32 Å². The lowest BCUT2D eigenvalue weighted by molar-refractivity contribution is 0.0953. The second-order valence-corrected chi connectivity index (χ2v) is 7.28. The van der Waals surface area contributed by atoms with Gasteiger partial charge in [0.25, 0.3) is 5.91 Å². The summed E-state index contributed by atoms with van der Waals surface area (Å²) in [6.07, 6.45) is 3.26. The van der Waals surface area contributed by atoms with E-state index in [9.17, 15) is 4.79 Å². The smallest absolute Gasteiger partial charge is 0.252 e. The van der Waals surface area contributed by atoms with Crippen molar-refractivity contribution in [3.63, 3.8) is 0 Å². The van der Waals surface area contributed by atoms with E-state index in [-0.39, 0.29) is 5.91 Å². The number of carbonyl (C=O) groups is 1. The number of fused-ring (bicyclic) bond motifs is 1. The van der Waals surface area contributed by atoms with Crippen LogP contribution >= 0.6 is 27.5 Å². The minimum Gasteiger partial charge on any atom is -0.371 e. The van der Waals surface area contributed by atoms with Gasteiger partial charge in [0.1, 0.15) is 0 Å². The number of aryl methyl sites for hydroxylation is 1. The second-order valence-electron chi connectivity index (χ2n) is 5.95. The van der Waals surface area contributed by atoms with Crippen LogP contribution in [0.3, 0.4) is 0 Å². The van der Waals surface area contributed by atoms with Crippen molar-refractivity contribution in [2.75, 3.05) is 24.5 Å². The predicted octanol–water partition coefficient (Wildman–Crippen LogP) is 4.68. The van der Waals surface area contributed by atoms with Crippen molar-refractivity contribution in [2.24, 2.45) is 0 Å². The molecule has 0 saturated heterocycles. The largest absolute Gasteiger partial charge is 0.371 e. The first-order valence-corrected chi connectivity index (χ1v) is 9.38. The molecule has 0 radical (unpaired) electrons. The first-order valence-electron chi connectivity index (χ1n) is 8.21. The van der Waals surface area contributed by atoms with Gasteiger partial charge in [-0.25, -0.2) is 0 Å². The Morgan fingerprint density at radius 1 is 1.25 bits per heavy atom. The minimum atomic E-state index is -0.125. The number of hydrogen-bond donors (Lipinski definition) is 1. The molecule has 2 aromatic rings. The monoisotopic (exact) mass is 406 g/mol. The molecule has 126 valence electrons. The highest BCUT2D eigenvalue weighted by Crippen LogP contribution is 2.26. The van der Waals surface area contributed by atoms with Gasteiger partial charge >= 0.3 is 0 Å². The Hall–Kier alpha value is -1.52. The van der Waals surface area contributed by atoms with Crippen LogP contribution in [0.4, 0.5) is 5.69 Å². The van der Waals surface area contributed by atoms with E-state index in [0.717, 1.165) is 30.4 Å². The zero-order valence-corrected chi connectivity index (χ0v) is 15.7. The van der Waals surface area contributed by atoms with Crippen LogP contribution in [0.2, 0.25) is 5.02 Å². The molecule has 1 N–H and O–H groups in total. The number of hydrogen-bond acceptors (Lipinski definition) is 2. The summed E-state index contributed by atoms with van der Waals surface area (Å²) in [5.74, 6) is -0.125. The van der Waals surface area contributed by atoms with Crippen molar-refractivity contribution >= 4 is 39.1 Å². The maximum atomic E-state index is 12.2. The molecular weight excluding hydrogens is 388 g/mol. The highest BCUT2D eigenvalue weighted by molar-refractivity contribution is 9.10. The highest BCUT2D eigenvalue weighted by Gasteiger charge is 2.16. The van der Waals surface area contributed by atoms with Gasteiger partial charge in [-0.15, -0.1) is 0 Å². The molecule has 0 unspecified atom stereocenters. The summed E-state index contributed by atoms with van der Waals surface area (Å²) in [6, 6.07) is 13.9. The quantitative estimate of drug-likeness (QED) is 0.730. The summed E-state index contributed by atoms with van der Waals surface area (Å²) in [5, 5.41) is 3.43. The molecular formula is C19H20BrClN2O. The second kappa shape index (κ2) is 8.04. The number of benzene rings is 2. The lowest BCUT2D eigenvalue weighted by atomic mass is 10.0. The number of carbonyl (C=O) groups excluding carboxylic acids is 1. The third kappa shape index (κ3) is 4.11. The number of amides is 1. The minimum absolute atomic E-state index is 0.125. The van der Waals surface area contributed by atoms with Crippen LogP contribution in [0, 0.1) is 0 Å². The van der Waals surface area contributed by atoms with Crippen LogP contribution in [-0.2, 0) is 6.42 Å². The van der Waals surface area contributed by atoms with Crippen LogP contribution in [0.5, 0.6) is 0 Å². The maximum absolute atomic E-state index is 12.2. The lowest BCUT2D eigenvalue weighted by Crippen LogP contribution is -2.33. The number of nitrogens with one attached hydrogen (secondary N) is 1. The van der Waals surface area contributed by atoms with E-state index in [4.69, 9.17) is 11.6 Å². The van der Waals surface area contributed by atoms with Crippen LogP contribution in [0.15, 0.2) is 46.9 Å². The Labute approximate surface area is 156 Å².